The summed E-state index contributed by atoms with van der Waals surface area (Å²) in [6.07, 6.45) is 0. The number of ketones is 2. The summed E-state index contributed by atoms with van der Waals surface area (Å²) in [5.41, 5.74) is 11.3. The van der Waals surface area contributed by atoms with E-state index in [4.69, 9.17) is 11.5 Å². The molecule has 8 N–H and O–H groups in total. The lowest BCUT2D eigenvalue weighted by molar-refractivity contribution is 0.0959. The molecule has 0 heterocycles. The van der Waals surface area contributed by atoms with Crippen LogP contribution in [0.5, 0.6) is 17.2 Å². The standard InChI is InChI=1S/C22H17N3O6/c1-25-22(31)10-6-8(2-4-12(10)26)9-7-14(28)17-18(19(9)24)21(30)16-13(27)5-3-11(23)15(16)20(17)29/h2-7,26-28H,23-24H2,1H3,(H,25,31). The Kier molecular flexibility index (Phi) is 4.32. The number of carbonyl (C=O) groups excluding carboxylic acids is 3. The van der Waals surface area contributed by atoms with E-state index < -0.39 is 29.0 Å². The number of fused-ring (bicyclic) bond motifs is 2. The fourth-order valence-electron chi connectivity index (χ4n) is 3.74. The zero-order chi connectivity index (χ0) is 22.6. The smallest absolute Gasteiger partial charge is 0.254 e. The molecule has 1 amide bonds. The normalized spacial score (nSPS) is 12.3. The molecule has 9 nitrogen and oxygen atoms in total. The van der Waals surface area contributed by atoms with E-state index in [-0.39, 0.29) is 50.5 Å². The van der Waals surface area contributed by atoms with Crippen LogP contribution >= 0.6 is 0 Å². The second-order valence-corrected chi connectivity index (χ2v) is 7.00. The van der Waals surface area contributed by atoms with Crippen molar-refractivity contribution in [2.24, 2.45) is 0 Å². The van der Waals surface area contributed by atoms with E-state index in [1.165, 1.54) is 43.4 Å². The number of nitrogen functional groups attached to an aromatic ring is 2. The van der Waals surface area contributed by atoms with Gasteiger partial charge in [-0.2, -0.15) is 0 Å². The number of aromatic hydroxyl groups is 3. The van der Waals surface area contributed by atoms with E-state index in [1.54, 1.807) is 0 Å². The number of rotatable bonds is 2. The van der Waals surface area contributed by atoms with E-state index in [0.717, 1.165) is 0 Å². The van der Waals surface area contributed by atoms with Crippen LogP contribution in [0.4, 0.5) is 11.4 Å². The Hall–Kier alpha value is -4.53. The summed E-state index contributed by atoms with van der Waals surface area (Å²) in [4.78, 5) is 38.2. The molecule has 0 unspecified atom stereocenters. The Bertz CT molecular complexity index is 1330. The monoisotopic (exact) mass is 419 g/mol. The minimum Gasteiger partial charge on any atom is -0.507 e. The average Bonchev–Trinajstić information content (AvgIpc) is 2.74. The molecule has 3 aromatic rings. The first-order valence-corrected chi connectivity index (χ1v) is 9.09. The van der Waals surface area contributed by atoms with Crippen LogP contribution in [-0.2, 0) is 0 Å². The van der Waals surface area contributed by atoms with E-state index in [0.29, 0.717) is 5.56 Å². The van der Waals surface area contributed by atoms with Crippen molar-refractivity contribution in [1.29, 1.82) is 0 Å². The fourth-order valence-corrected chi connectivity index (χ4v) is 3.74. The molecular weight excluding hydrogens is 402 g/mol. The van der Waals surface area contributed by atoms with Gasteiger partial charge in [0.25, 0.3) is 5.91 Å². The van der Waals surface area contributed by atoms with Gasteiger partial charge in [0.2, 0.25) is 11.6 Å². The van der Waals surface area contributed by atoms with E-state index in [2.05, 4.69) is 5.32 Å². The molecule has 0 spiro atoms. The van der Waals surface area contributed by atoms with Crippen molar-refractivity contribution in [2.45, 2.75) is 0 Å². The lowest BCUT2D eigenvalue weighted by Gasteiger charge is -2.23. The van der Waals surface area contributed by atoms with Crippen LogP contribution in [0.3, 0.4) is 0 Å². The number of amides is 1. The summed E-state index contributed by atoms with van der Waals surface area (Å²) in [6.45, 7) is 0. The number of hydrogen-bond donors (Lipinski definition) is 6. The van der Waals surface area contributed by atoms with Crippen molar-refractivity contribution in [1.82, 2.24) is 5.32 Å². The van der Waals surface area contributed by atoms with Crippen LogP contribution < -0.4 is 16.8 Å². The Balaban J connectivity index is 2.00. The van der Waals surface area contributed by atoms with Crippen LogP contribution in [-0.4, -0.2) is 39.8 Å². The lowest BCUT2D eigenvalue weighted by atomic mass is 9.79. The molecule has 0 radical (unpaired) electrons. The van der Waals surface area contributed by atoms with Crippen molar-refractivity contribution < 1.29 is 29.7 Å². The molecule has 3 aromatic carbocycles. The van der Waals surface area contributed by atoms with Crippen molar-refractivity contribution in [3.05, 3.63) is 64.2 Å². The molecule has 0 aliphatic heterocycles. The van der Waals surface area contributed by atoms with Crippen molar-refractivity contribution >= 4 is 28.8 Å². The highest BCUT2D eigenvalue weighted by molar-refractivity contribution is 6.34. The van der Waals surface area contributed by atoms with Crippen LogP contribution in [0.15, 0.2) is 36.4 Å². The molecule has 0 saturated carbocycles. The van der Waals surface area contributed by atoms with Gasteiger partial charge in [0.15, 0.2) is 0 Å². The Morgan fingerprint density at radius 3 is 2.10 bits per heavy atom. The maximum absolute atomic E-state index is 13.2. The molecule has 31 heavy (non-hydrogen) atoms. The Morgan fingerprint density at radius 1 is 0.806 bits per heavy atom. The van der Waals surface area contributed by atoms with Crippen LogP contribution in [0.1, 0.15) is 42.2 Å². The molecule has 0 fully saturated rings. The summed E-state index contributed by atoms with van der Waals surface area (Å²) >= 11 is 0. The summed E-state index contributed by atoms with van der Waals surface area (Å²) in [6, 6.07) is 7.73. The van der Waals surface area contributed by atoms with Crippen LogP contribution in [0, 0.1) is 0 Å². The molecule has 0 atom stereocenters. The number of anilines is 2. The largest absolute Gasteiger partial charge is 0.507 e. The van der Waals surface area contributed by atoms with E-state index in [1.807, 2.05) is 0 Å². The zero-order valence-electron chi connectivity index (χ0n) is 16.2. The molecule has 0 aromatic heterocycles. The minimum absolute atomic E-state index is 0.0207. The zero-order valence-corrected chi connectivity index (χ0v) is 16.2. The quantitative estimate of drug-likeness (QED) is 0.210. The molecule has 0 bridgehead atoms. The fraction of sp³-hybridized carbons (Fsp3) is 0.0455. The number of benzene rings is 3. The molecular formula is C22H17N3O6. The predicted octanol–water partition coefficient (Wildman–Crippen LogP) is 1.77. The van der Waals surface area contributed by atoms with Gasteiger partial charge in [0.05, 0.1) is 33.5 Å². The van der Waals surface area contributed by atoms with Gasteiger partial charge >= 0.3 is 0 Å². The molecule has 4 rings (SSSR count). The topological polar surface area (TPSA) is 176 Å². The maximum Gasteiger partial charge on any atom is 0.254 e. The first kappa shape index (κ1) is 19.8. The second-order valence-electron chi connectivity index (χ2n) is 7.00. The third kappa shape index (κ3) is 2.75. The molecule has 156 valence electrons. The van der Waals surface area contributed by atoms with E-state index in [9.17, 15) is 29.7 Å². The molecule has 1 aliphatic carbocycles. The number of hydrogen-bond acceptors (Lipinski definition) is 8. The first-order chi connectivity index (χ1) is 14.7. The second kappa shape index (κ2) is 6.77. The van der Waals surface area contributed by atoms with Crippen LogP contribution in [0.25, 0.3) is 11.1 Å². The van der Waals surface area contributed by atoms with Gasteiger partial charge < -0.3 is 32.1 Å². The first-order valence-electron chi connectivity index (χ1n) is 9.09. The predicted molar refractivity (Wildman–Crippen MR) is 112 cm³/mol. The summed E-state index contributed by atoms with van der Waals surface area (Å²) < 4.78 is 0. The molecule has 9 heteroatoms. The van der Waals surface area contributed by atoms with Gasteiger partial charge in [-0.25, -0.2) is 0 Å². The van der Waals surface area contributed by atoms with Gasteiger partial charge in [-0.15, -0.1) is 0 Å². The van der Waals surface area contributed by atoms with Gasteiger partial charge in [-0.1, -0.05) is 6.07 Å². The Labute approximate surface area is 175 Å². The van der Waals surface area contributed by atoms with Crippen LogP contribution in [0.2, 0.25) is 0 Å². The van der Waals surface area contributed by atoms with Crippen molar-refractivity contribution in [3.63, 3.8) is 0 Å². The summed E-state index contributed by atoms with van der Waals surface area (Å²) in [5.74, 6) is -3.30. The average molecular weight is 419 g/mol. The van der Waals surface area contributed by atoms with Gasteiger partial charge in [0.1, 0.15) is 17.2 Å². The number of carbonyl (C=O) groups is 3. The molecule has 1 aliphatic rings. The van der Waals surface area contributed by atoms with Gasteiger partial charge in [0, 0.05) is 18.3 Å². The number of nitrogens with one attached hydrogen (secondary N) is 1. The number of nitrogens with two attached hydrogens (primary N) is 2. The van der Waals surface area contributed by atoms with Gasteiger partial charge in [-0.3, -0.25) is 14.4 Å². The van der Waals surface area contributed by atoms with E-state index >= 15 is 0 Å². The maximum atomic E-state index is 13.2. The summed E-state index contributed by atoms with van der Waals surface area (Å²) in [7, 11) is 1.40. The number of phenols is 3. The van der Waals surface area contributed by atoms with Crippen molar-refractivity contribution in [2.75, 3.05) is 18.5 Å². The summed E-state index contributed by atoms with van der Waals surface area (Å²) in [5, 5.41) is 33.2. The van der Waals surface area contributed by atoms with Crippen molar-refractivity contribution in [3.8, 4) is 28.4 Å². The minimum atomic E-state index is -0.769. The third-order valence-electron chi connectivity index (χ3n) is 5.25. The number of phenolic OH excluding ortho intramolecular Hbond substituents is 3. The Morgan fingerprint density at radius 2 is 1.42 bits per heavy atom. The van der Waals surface area contributed by atoms with Gasteiger partial charge in [-0.05, 0) is 35.9 Å². The molecule has 0 saturated heterocycles. The highest BCUT2D eigenvalue weighted by atomic mass is 16.3. The highest BCUT2D eigenvalue weighted by Gasteiger charge is 2.38. The SMILES string of the molecule is CNC(=O)c1cc(-c2cc(O)c3c(c2N)C(=O)c2c(O)ccc(N)c2C3=O)ccc1O. The lowest BCUT2D eigenvalue weighted by Crippen LogP contribution is -2.24. The highest BCUT2D eigenvalue weighted by Crippen LogP contribution is 2.45. The third-order valence-corrected chi connectivity index (χ3v) is 5.25.